The van der Waals surface area contributed by atoms with Gasteiger partial charge in [0.25, 0.3) is 0 Å². The predicted molar refractivity (Wildman–Crippen MR) is 143 cm³/mol. The Morgan fingerprint density at radius 2 is 1.46 bits per heavy atom. The smallest absolute Gasteiger partial charge is 0.138 e. The van der Waals surface area contributed by atoms with Gasteiger partial charge in [-0.15, -0.1) is 0 Å². The normalized spacial score (nSPS) is 12.0. The number of fused-ring (bicyclic) bond motifs is 8. The summed E-state index contributed by atoms with van der Waals surface area (Å²) in [6.45, 7) is 0. The van der Waals surface area contributed by atoms with E-state index in [1.165, 1.54) is 10.8 Å². The third-order valence-electron chi connectivity index (χ3n) is 6.95. The Kier molecular flexibility index (Phi) is 3.63. The Hall–Kier alpha value is -4.83. The van der Waals surface area contributed by atoms with Crippen molar-refractivity contribution in [2.45, 2.75) is 0 Å². The van der Waals surface area contributed by atoms with E-state index in [4.69, 9.17) is 9.40 Å². The van der Waals surface area contributed by atoms with Crippen LogP contribution in [0.25, 0.3) is 71.9 Å². The van der Waals surface area contributed by atoms with Gasteiger partial charge in [-0.3, -0.25) is 0 Å². The molecule has 0 aliphatic heterocycles. The number of benzene rings is 5. The average molecular weight is 450 g/mol. The number of hydrogen-bond donors (Lipinski definition) is 1. The van der Waals surface area contributed by atoms with Gasteiger partial charge < -0.3 is 14.0 Å². The van der Waals surface area contributed by atoms with Crippen molar-refractivity contribution in [3.63, 3.8) is 0 Å². The SMILES string of the molecule is c1ccc(-n2c3cc(-c4nc5ccccc5[nH]4)ccc3c3ccc4oc5ccccc5c4c32)cc1. The molecule has 0 radical (unpaired) electrons. The second-order valence-electron chi connectivity index (χ2n) is 8.94. The average Bonchev–Trinajstić information content (AvgIpc) is 3.60. The number of aromatic amines is 1. The van der Waals surface area contributed by atoms with Crippen molar-refractivity contribution in [1.82, 2.24) is 14.5 Å². The zero-order chi connectivity index (χ0) is 22.9. The Morgan fingerprint density at radius 1 is 0.657 bits per heavy atom. The number of imidazole rings is 1. The van der Waals surface area contributed by atoms with E-state index < -0.39 is 0 Å². The van der Waals surface area contributed by atoms with Gasteiger partial charge in [0.2, 0.25) is 0 Å². The van der Waals surface area contributed by atoms with Crippen LogP contribution >= 0.6 is 0 Å². The molecule has 0 atom stereocenters. The standard InChI is InChI=1S/C31H19N3O/c1-2-8-20(9-3-1)34-26-18-19(31-32-24-11-5-6-12-25(24)33-31)14-15-21(26)22-16-17-28-29(30(22)34)23-10-4-7-13-27(23)35-28/h1-18H,(H,32,33). The molecule has 0 bridgehead atoms. The van der Waals surface area contributed by atoms with Gasteiger partial charge in [-0.1, -0.05) is 60.7 Å². The summed E-state index contributed by atoms with van der Waals surface area (Å²) in [5, 5.41) is 4.68. The molecular formula is C31H19N3O. The molecule has 0 aliphatic carbocycles. The number of nitrogens with zero attached hydrogens (tertiary/aromatic N) is 2. The topological polar surface area (TPSA) is 46.8 Å². The Labute approximate surface area is 200 Å². The van der Waals surface area contributed by atoms with Gasteiger partial charge in [0, 0.05) is 27.4 Å². The van der Waals surface area contributed by atoms with Crippen molar-refractivity contribution in [3.05, 3.63) is 109 Å². The van der Waals surface area contributed by atoms with E-state index in [9.17, 15) is 0 Å². The molecule has 164 valence electrons. The molecular weight excluding hydrogens is 430 g/mol. The molecule has 0 unspecified atom stereocenters. The minimum absolute atomic E-state index is 0.872. The van der Waals surface area contributed by atoms with Crippen molar-refractivity contribution in [3.8, 4) is 17.1 Å². The molecule has 8 rings (SSSR count). The quantitative estimate of drug-likeness (QED) is 0.289. The fourth-order valence-electron chi connectivity index (χ4n) is 5.40. The lowest BCUT2D eigenvalue weighted by Gasteiger charge is -2.09. The molecule has 0 amide bonds. The molecule has 3 aromatic heterocycles. The van der Waals surface area contributed by atoms with Crippen molar-refractivity contribution in [2.24, 2.45) is 0 Å². The van der Waals surface area contributed by atoms with Crippen LogP contribution < -0.4 is 0 Å². The maximum absolute atomic E-state index is 6.25. The first-order valence-electron chi connectivity index (χ1n) is 11.7. The molecule has 0 aliphatic rings. The number of aromatic nitrogens is 3. The Morgan fingerprint density at radius 3 is 2.37 bits per heavy atom. The van der Waals surface area contributed by atoms with Gasteiger partial charge in [-0.2, -0.15) is 0 Å². The van der Waals surface area contributed by atoms with Crippen LogP contribution in [0.2, 0.25) is 0 Å². The molecule has 0 saturated carbocycles. The summed E-state index contributed by atoms with van der Waals surface area (Å²) in [5.41, 5.74) is 8.29. The number of H-pyrrole nitrogens is 1. The van der Waals surface area contributed by atoms with E-state index in [2.05, 4.69) is 88.4 Å². The highest BCUT2D eigenvalue weighted by molar-refractivity contribution is 6.24. The molecule has 8 aromatic rings. The first-order valence-corrected chi connectivity index (χ1v) is 11.7. The van der Waals surface area contributed by atoms with Crippen LogP contribution in [0.3, 0.4) is 0 Å². The molecule has 4 heteroatoms. The summed E-state index contributed by atoms with van der Waals surface area (Å²) in [6.07, 6.45) is 0. The first kappa shape index (κ1) is 18.6. The van der Waals surface area contributed by atoms with Gasteiger partial charge >= 0.3 is 0 Å². The summed E-state index contributed by atoms with van der Waals surface area (Å²) in [4.78, 5) is 8.33. The molecule has 1 N–H and O–H groups in total. The van der Waals surface area contributed by atoms with Gasteiger partial charge in [-0.25, -0.2) is 4.98 Å². The lowest BCUT2D eigenvalue weighted by molar-refractivity contribution is 0.669. The van der Waals surface area contributed by atoms with Gasteiger partial charge in [0.15, 0.2) is 0 Å². The number of para-hydroxylation sites is 4. The van der Waals surface area contributed by atoms with E-state index >= 15 is 0 Å². The van der Waals surface area contributed by atoms with E-state index in [-0.39, 0.29) is 0 Å². The van der Waals surface area contributed by atoms with E-state index in [1.54, 1.807) is 0 Å². The van der Waals surface area contributed by atoms with Crippen molar-refractivity contribution < 1.29 is 4.42 Å². The number of hydrogen-bond acceptors (Lipinski definition) is 2. The van der Waals surface area contributed by atoms with Crippen LogP contribution in [0.5, 0.6) is 0 Å². The molecule has 0 fully saturated rings. The molecule has 3 heterocycles. The second-order valence-corrected chi connectivity index (χ2v) is 8.94. The second kappa shape index (κ2) is 6.84. The van der Waals surface area contributed by atoms with Gasteiger partial charge in [0.05, 0.1) is 27.5 Å². The maximum atomic E-state index is 6.25. The van der Waals surface area contributed by atoms with Crippen LogP contribution in [0, 0.1) is 0 Å². The van der Waals surface area contributed by atoms with Crippen LogP contribution in [0.15, 0.2) is 114 Å². The molecule has 5 aromatic carbocycles. The highest BCUT2D eigenvalue weighted by Crippen LogP contribution is 2.41. The summed E-state index contributed by atoms with van der Waals surface area (Å²) in [5.74, 6) is 0.872. The minimum atomic E-state index is 0.872. The van der Waals surface area contributed by atoms with Crippen LogP contribution in [-0.2, 0) is 0 Å². The fourth-order valence-corrected chi connectivity index (χ4v) is 5.40. The summed E-state index contributed by atoms with van der Waals surface area (Å²) < 4.78 is 8.61. The Bertz CT molecular complexity index is 2030. The van der Waals surface area contributed by atoms with Crippen LogP contribution in [0.1, 0.15) is 0 Å². The molecule has 4 nitrogen and oxygen atoms in total. The lowest BCUT2D eigenvalue weighted by atomic mass is 10.1. The minimum Gasteiger partial charge on any atom is -0.456 e. The monoisotopic (exact) mass is 449 g/mol. The number of furan rings is 1. The summed E-state index contributed by atoms with van der Waals surface area (Å²) in [7, 11) is 0. The van der Waals surface area contributed by atoms with Crippen molar-refractivity contribution in [2.75, 3.05) is 0 Å². The van der Waals surface area contributed by atoms with Crippen LogP contribution in [0.4, 0.5) is 0 Å². The third kappa shape index (κ3) is 2.59. The van der Waals surface area contributed by atoms with Crippen molar-refractivity contribution in [1.29, 1.82) is 0 Å². The summed E-state index contributed by atoms with van der Waals surface area (Å²) in [6, 6.07) is 37.9. The molecule has 35 heavy (non-hydrogen) atoms. The highest BCUT2D eigenvalue weighted by atomic mass is 16.3. The highest BCUT2D eigenvalue weighted by Gasteiger charge is 2.19. The van der Waals surface area contributed by atoms with Crippen LogP contribution in [-0.4, -0.2) is 14.5 Å². The first-order chi connectivity index (χ1) is 17.3. The summed E-state index contributed by atoms with van der Waals surface area (Å²) >= 11 is 0. The third-order valence-corrected chi connectivity index (χ3v) is 6.95. The van der Waals surface area contributed by atoms with E-state index in [0.717, 1.165) is 61.1 Å². The zero-order valence-electron chi connectivity index (χ0n) is 18.7. The fraction of sp³-hybridized carbons (Fsp3) is 0. The molecule has 0 saturated heterocycles. The lowest BCUT2D eigenvalue weighted by Crippen LogP contribution is -1.94. The van der Waals surface area contributed by atoms with E-state index in [1.807, 2.05) is 30.3 Å². The van der Waals surface area contributed by atoms with E-state index in [0.29, 0.717) is 0 Å². The Balaban J connectivity index is 1.53. The number of nitrogens with one attached hydrogen (secondary N) is 1. The molecule has 0 spiro atoms. The maximum Gasteiger partial charge on any atom is 0.138 e. The number of rotatable bonds is 2. The predicted octanol–water partition coefficient (Wildman–Crippen LogP) is 8.23. The zero-order valence-corrected chi connectivity index (χ0v) is 18.7. The van der Waals surface area contributed by atoms with Crippen molar-refractivity contribution >= 4 is 54.8 Å². The van der Waals surface area contributed by atoms with Gasteiger partial charge in [-0.05, 0) is 48.5 Å². The van der Waals surface area contributed by atoms with Gasteiger partial charge in [0.1, 0.15) is 17.0 Å². The largest absolute Gasteiger partial charge is 0.456 e.